The predicted molar refractivity (Wildman–Crippen MR) is 69.8 cm³/mol. The molecule has 0 aromatic carbocycles. The Kier molecular flexibility index (Phi) is 3.97. The van der Waals surface area contributed by atoms with E-state index in [-0.39, 0.29) is 0 Å². The topological polar surface area (TPSA) is 18.5 Å². The molecule has 2 aliphatic carbocycles. The van der Waals surface area contributed by atoms with Crippen molar-refractivity contribution in [3.63, 3.8) is 0 Å². The highest BCUT2D eigenvalue weighted by Crippen LogP contribution is 2.55. The molecule has 0 fully saturated rings. The summed E-state index contributed by atoms with van der Waals surface area (Å²) < 4.78 is 11.1. The minimum absolute atomic E-state index is 0.401. The van der Waals surface area contributed by atoms with Crippen molar-refractivity contribution in [3.8, 4) is 0 Å². The van der Waals surface area contributed by atoms with Crippen LogP contribution in [0.2, 0.25) is 0 Å². The number of ether oxygens (including phenoxy) is 2. The Hall–Kier alpha value is -1.12. The maximum Gasteiger partial charge on any atom is 0.0645 e. The van der Waals surface area contributed by atoms with Crippen LogP contribution in [0.4, 0.5) is 0 Å². The fraction of sp³-hybridized carbons (Fsp3) is 0.467. The molecule has 0 aliphatic heterocycles. The van der Waals surface area contributed by atoms with Crippen molar-refractivity contribution in [2.24, 2.45) is 11.8 Å². The molecule has 2 nitrogen and oxygen atoms in total. The highest BCUT2D eigenvalue weighted by molar-refractivity contribution is 5.57. The fourth-order valence-corrected chi connectivity index (χ4v) is 2.52. The third-order valence-corrected chi connectivity index (χ3v) is 3.46. The highest BCUT2D eigenvalue weighted by atomic mass is 16.5. The Labute approximate surface area is 103 Å². The summed E-state index contributed by atoms with van der Waals surface area (Å²) in [6.07, 6.45) is 4.70. The van der Waals surface area contributed by atoms with E-state index in [9.17, 15) is 0 Å². The molecule has 0 saturated heterocycles. The van der Waals surface area contributed by atoms with Crippen LogP contribution in [-0.4, -0.2) is 26.4 Å². The van der Waals surface area contributed by atoms with E-state index >= 15 is 0 Å². The van der Waals surface area contributed by atoms with E-state index in [4.69, 9.17) is 9.47 Å². The van der Waals surface area contributed by atoms with Gasteiger partial charge in [-0.15, -0.1) is 13.2 Å². The summed E-state index contributed by atoms with van der Waals surface area (Å²) in [7, 11) is 0. The summed E-state index contributed by atoms with van der Waals surface area (Å²) in [4.78, 5) is 0. The largest absolute Gasteiger partial charge is 0.377 e. The number of allylic oxidation sites excluding steroid dienone is 1. The lowest BCUT2D eigenvalue weighted by Crippen LogP contribution is -2.24. The minimum atomic E-state index is 0.401. The van der Waals surface area contributed by atoms with Crippen molar-refractivity contribution in [2.75, 3.05) is 26.4 Å². The molecule has 2 unspecified atom stereocenters. The Morgan fingerprint density at radius 2 is 1.65 bits per heavy atom. The smallest absolute Gasteiger partial charge is 0.0645 e. The monoisotopic (exact) mass is 232 g/mol. The van der Waals surface area contributed by atoms with E-state index in [2.05, 4.69) is 19.7 Å². The minimum Gasteiger partial charge on any atom is -0.377 e. The van der Waals surface area contributed by atoms with Gasteiger partial charge < -0.3 is 9.47 Å². The average Bonchev–Trinajstić information content (AvgIpc) is 3.06. The first-order chi connectivity index (χ1) is 8.29. The van der Waals surface area contributed by atoms with Crippen LogP contribution >= 0.6 is 0 Å². The van der Waals surface area contributed by atoms with Crippen LogP contribution in [0.1, 0.15) is 6.42 Å². The molecule has 0 aromatic rings. The molecular weight excluding hydrogens is 212 g/mol. The lowest BCUT2D eigenvalue weighted by Gasteiger charge is -2.24. The van der Waals surface area contributed by atoms with Gasteiger partial charge in [0.25, 0.3) is 0 Å². The van der Waals surface area contributed by atoms with Gasteiger partial charge in [-0.2, -0.15) is 0 Å². The number of hydrogen-bond donors (Lipinski definition) is 0. The van der Waals surface area contributed by atoms with Crippen molar-refractivity contribution >= 4 is 0 Å². The van der Waals surface area contributed by atoms with Crippen LogP contribution in [0.5, 0.6) is 0 Å². The Morgan fingerprint density at radius 3 is 2.24 bits per heavy atom. The van der Waals surface area contributed by atoms with Crippen LogP contribution < -0.4 is 0 Å². The third kappa shape index (κ3) is 2.59. The summed E-state index contributed by atoms with van der Waals surface area (Å²) >= 11 is 0. The van der Waals surface area contributed by atoms with Gasteiger partial charge in [0.15, 0.2) is 0 Å². The van der Waals surface area contributed by atoms with Gasteiger partial charge in [0, 0.05) is 11.8 Å². The SMILES string of the molecule is C=CCOCC1C(=C)C2=C(C2)C1COCC=C. The Bertz CT molecular complexity index is 362. The Morgan fingerprint density at radius 1 is 1.06 bits per heavy atom. The summed E-state index contributed by atoms with van der Waals surface area (Å²) in [6.45, 7) is 14.2. The van der Waals surface area contributed by atoms with Gasteiger partial charge in [0.2, 0.25) is 0 Å². The van der Waals surface area contributed by atoms with Gasteiger partial charge in [0.1, 0.15) is 0 Å². The summed E-state index contributed by atoms with van der Waals surface area (Å²) in [6, 6.07) is 0. The molecule has 0 saturated carbocycles. The zero-order valence-electron chi connectivity index (χ0n) is 10.3. The van der Waals surface area contributed by atoms with Crippen molar-refractivity contribution in [2.45, 2.75) is 6.42 Å². The third-order valence-electron chi connectivity index (χ3n) is 3.46. The van der Waals surface area contributed by atoms with E-state index in [0.717, 1.165) is 19.6 Å². The molecule has 0 aromatic heterocycles. The molecule has 2 heteroatoms. The number of rotatable bonds is 8. The van der Waals surface area contributed by atoms with Gasteiger partial charge in [-0.25, -0.2) is 0 Å². The summed E-state index contributed by atoms with van der Waals surface area (Å²) in [5.41, 5.74) is 4.26. The molecule has 2 aliphatic rings. The predicted octanol–water partition coefficient (Wildman–Crippen LogP) is 2.89. The van der Waals surface area contributed by atoms with E-state index in [1.54, 1.807) is 12.2 Å². The molecule has 0 heterocycles. The van der Waals surface area contributed by atoms with Gasteiger partial charge in [0.05, 0.1) is 26.4 Å². The molecule has 92 valence electrons. The van der Waals surface area contributed by atoms with Crippen molar-refractivity contribution in [1.29, 1.82) is 0 Å². The van der Waals surface area contributed by atoms with Crippen LogP contribution in [0, 0.1) is 11.8 Å². The second-order valence-corrected chi connectivity index (χ2v) is 4.57. The molecule has 0 spiro atoms. The van der Waals surface area contributed by atoms with Gasteiger partial charge in [-0.05, 0) is 17.6 Å². The maximum absolute atomic E-state index is 5.58. The fourth-order valence-electron chi connectivity index (χ4n) is 2.52. The molecule has 17 heavy (non-hydrogen) atoms. The molecular formula is C15H20O2. The Balaban J connectivity index is 1.87. The average molecular weight is 232 g/mol. The standard InChI is InChI=1S/C15H20O2/c1-4-6-16-9-14-11(3)12-8-13(12)15(14)10-17-7-5-2/h4-5,14-15H,1-3,6-10H2. The first-order valence-corrected chi connectivity index (χ1v) is 6.08. The van der Waals surface area contributed by atoms with Gasteiger partial charge in [-0.1, -0.05) is 24.3 Å². The van der Waals surface area contributed by atoms with Crippen LogP contribution in [0.3, 0.4) is 0 Å². The quantitative estimate of drug-likeness (QED) is 0.473. The lowest BCUT2D eigenvalue weighted by atomic mass is 9.87. The highest BCUT2D eigenvalue weighted by Gasteiger charge is 2.45. The van der Waals surface area contributed by atoms with Gasteiger partial charge in [-0.3, -0.25) is 0 Å². The molecule has 0 amide bonds. The van der Waals surface area contributed by atoms with Crippen LogP contribution in [0.15, 0.2) is 48.6 Å². The molecule has 0 bridgehead atoms. The van der Waals surface area contributed by atoms with E-state index in [1.807, 2.05) is 0 Å². The normalized spacial score (nSPS) is 26.0. The second-order valence-electron chi connectivity index (χ2n) is 4.57. The zero-order valence-corrected chi connectivity index (χ0v) is 10.3. The first-order valence-electron chi connectivity index (χ1n) is 6.08. The second kappa shape index (κ2) is 5.48. The maximum atomic E-state index is 5.58. The van der Waals surface area contributed by atoms with Crippen molar-refractivity contribution < 1.29 is 9.47 Å². The van der Waals surface area contributed by atoms with Gasteiger partial charge >= 0.3 is 0 Å². The van der Waals surface area contributed by atoms with E-state index in [1.165, 1.54) is 16.7 Å². The van der Waals surface area contributed by atoms with E-state index in [0.29, 0.717) is 25.0 Å². The lowest BCUT2D eigenvalue weighted by molar-refractivity contribution is 0.0779. The van der Waals surface area contributed by atoms with Crippen LogP contribution in [0.25, 0.3) is 0 Å². The molecule has 0 N–H and O–H groups in total. The van der Waals surface area contributed by atoms with Crippen molar-refractivity contribution in [1.82, 2.24) is 0 Å². The van der Waals surface area contributed by atoms with Crippen molar-refractivity contribution in [3.05, 3.63) is 48.6 Å². The zero-order chi connectivity index (χ0) is 12.3. The number of hydrogen-bond acceptors (Lipinski definition) is 2. The summed E-state index contributed by atoms with van der Waals surface area (Å²) in [5, 5.41) is 0. The van der Waals surface area contributed by atoms with Crippen LogP contribution in [-0.2, 0) is 9.47 Å². The van der Waals surface area contributed by atoms with E-state index < -0.39 is 0 Å². The summed E-state index contributed by atoms with van der Waals surface area (Å²) in [5.74, 6) is 0.876. The molecule has 2 atom stereocenters. The molecule has 0 radical (unpaired) electrons. The molecule has 2 rings (SSSR count). The first kappa shape index (κ1) is 12.3.